The van der Waals surface area contributed by atoms with Crippen molar-refractivity contribution < 1.29 is 14.3 Å². The molecule has 0 aliphatic carbocycles. The molecule has 0 spiro atoms. The Morgan fingerprint density at radius 1 is 1.29 bits per heavy atom. The highest BCUT2D eigenvalue weighted by Gasteiger charge is 2.15. The molecule has 4 heteroatoms. The van der Waals surface area contributed by atoms with Gasteiger partial charge in [0.05, 0.1) is 6.10 Å². The van der Waals surface area contributed by atoms with Gasteiger partial charge in [0.1, 0.15) is 5.60 Å². The van der Waals surface area contributed by atoms with Crippen LogP contribution in [0.3, 0.4) is 0 Å². The molecular formula is C13H29NO3. The van der Waals surface area contributed by atoms with Gasteiger partial charge in [0, 0.05) is 13.7 Å². The van der Waals surface area contributed by atoms with Crippen LogP contribution in [0.2, 0.25) is 0 Å². The lowest BCUT2D eigenvalue weighted by Crippen LogP contribution is -2.33. The Balaban J connectivity index is 0. The molecule has 0 aromatic heterocycles. The number of nitrogens with one attached hydrogen (secondary N) is 1. The average Bonchev–Trinajstić information content (AvgIpc) is 2.24. The van der Waals surface area contributed by atoms with E-state index in [-0.39, 0.29) is 12.2 Å². The Bertz CT molecular complexity index is 188. The van der Waals surface area contributed by atoms with Crippen molar-refractivity contribution >= 4 is 6.09 Å². The van der Waals surface area contributed by atoms with E-state index in [1.807, 2.05) is 41.5 Å². The largest absolute Gasteiger partial charge is 0.444 e. The summed E-state index contributed by atoms with van der Waals surface area (Å²) in [6.07, 6.45) is 1.72. The predicted octanol–water partition coefficient (Wildman–Crippen LogP) is 3.35. The number of methoxy groups -OCH3 is 1. The van der Waals surface area contributed by atoms with Crippen LogP contribution in [0.4, 0.5) is 4.79 Å². The number of rotatable bonds is 5. The molecule has 0 radical (unpaired) electrons. The highest BCUT2D eigenvalue weighted by Crippen LogP contribution is 2.06. The molecule has 0 heterocycles. The van der Waals surface area contributed by atoms with E-state index < -0.39 is 5.60 Å². The van der Waals surface area contributed by atoms with Crippen LogP contribution in [-0.4, -0.2) is 31.5 Å². The lowest BCUT2D eigenvalue weighted by molar-refractivity contribution is 0.0521. The quantitative estimate of drug-likeness (QED) is 0.758. The fourth-order valence-corrected chi connectivity index (χ4v) is 1.01. The Morgan fingerprint density at radius 2 is 1.82 bits per heavy atom. The first-order valence-corrected chi connectivity index (χ1v) is 6.35. The molecule has 1 N–H and O–H groups in total. The molecule has 0 aliphatic heterocycles. The summed E-state index contributed by atoms with van der Waals surface area (Å²) in [4.78, 5) is 11.2. The average molecular weight is 247 g/mol. The summed E-state index contributed by atoms with van der Waals surface area (Å²) in [6, 6.07) is 0. The molecule has 0 fully saturated rings. The van der Waals surface area contributed by atoms with Crippen LogP contribution >= 0.6 is 0 Å². The third-order valence-electron chi connectivity index (χ3n) is 1.86. The zero-order valence-electron chi connectivity index (χ0n) is 12.4. The molecule has 0 aromatic rings. The molecule has 1 unspecified atom stereocenters. The molecule has 0 saturated carbocycles. The highest BCUT2D eigenvalue weighted by atomic mass is 16.6. The monoisotopic (exact) mass is 247 g/mol. The van der Waals surface area contributed by atoms with E-state index in [4.69, 9.17) is 9.47 Å². The van der Waals surface area contributed by atoms with Gasteiger partial charge in [-0.15, -0.1) is 0 Å². The van der Waals surface area contributed by atoms with Crippen LogP contribution in [0.1, 0.15) is 54.4 Å². The van der Waals surface area contributed by atoms with Crippen LogP contribution < -0.4 is 5.32 Å². The fraction of sp³-hybridized carbons (Fsp3) is 0.923. The molecule has 17 heavy (non-hydrogen) atoms. The molecular weight excluding hydrogens is 218 g/mol. The lowest BCUT2D eigenvalue weighted by atomic mass is 10.2. The number of carbonyl (C=O) groups excluding carboxylic acids is 1. The lowest BCUT2D eigenvalue weighted by Gasteiger charge is -2.19. The summed E-state index contributed by atoms with van der Waals surface area (Å²) in [5, 5.41) is 2.70. The minimum atomic E-state index is -0.427. The summed E-state index contributed by atoms with van der Waals surface area (Å²) in [5.41, 5.74) is -0.427. The molecule has 0 saturated heterocycles. The van der Waals surface area contributed by atoms with Crippen LogP contribution in [0, 0.1) is 0 Å². The number of alkyl carbamates (subject to hydrolysis) is 1. The number of hydrogen-bond donors (Lipinski definition) is 1. The highest BCUT2D eigenvalue weighted by molar-refractivity contribution is 5.67. The second-order valence-corrected chi connectivity index (χ2v) is 4.62. The smallest absolute Gasteiger partial charge is 0.407 e. The summed E-state index contributed by atoms with van der Waals surface area (Å²) in [5.74, 6) is 0. The van der Waals surface area contributed by atoms with Crippen LogP contribution in [0.25, 0.3) is 0 Å². The normalized spacial score (nSPS) is 12.2. The van der Waals surface area contributed by atoms with Gasteiger partial charge >= 0.3 is 6.09 Å². The SMILES string of the molecule is CC.COC(C)CCCNC(=O)OC(C)(C)C. The maximum atomic E-state index is 11.2. The van der Waals surface area contributed by atoms with Crippen molar-refractivity contribution in [2.45, 2.75) is 66.1 Å². The summed E-state index contributed by atoms with van der Waals surface area (Å²) in [6.45, 7) is 12.2. The zero-order chi connectivity index (χ0) is 13.9. The number of carbonyl (C=O) groups is 1. The minimum absolute atomic E-state index is 0.241. The van der Waals surface area contributed by atoms with E-state index in [0.717, 1.165) is 12.8 Å². The standard InChI is InChI=1S/C11H23NO3.C2H6/c1-9(14-5)7-6-8-12-10(13)15-11(2,3)4;1-2/h9H,6-8H2,1-5H3,(H,12,13);1-2H3. The number of hydrogen-bond acceptors (Lipinski definition) is 3. The first-order valence-electron chi connectivity index (χ1n) is 6.35. The van der Waals surface area contributed by atoms with Crippen LogP contribution in [-0.2, 0) is 9.47 Å². The molecule has 0 aliphatic rings. The summed E-state index contributed by atoms with van der Waals surface area (Å²) in [7, 11) is 1.69. The maximum Gasteiger partial charge on any atom is 0.407 e. The second kappa shape index (κ2) is 10.4. The molecule has 104 valence electrons. The van der Waals surface area contributed by atoms with Gasteiger partial charge in [-0.2, -0.15) is 0 Å². The van der Waals surface area contributed by atoms with Crippen LogP contribution in [0.15, 0.2) is 0 Å². The fourth-order valence-electron chi connectivity index (χ4n) is 1.01. The molecule has 1 atom stereocenters. The maximum absolute atomic E-state index is 11.2. The van der Waals surface area contributed by atoms with E-state index in [2.05, 4.69) is 5.32 Å². The summed E-state index contributed by atoms with van der Waals surface area (Å²) >= 11 is 0. The van der Waals surface area contributed by atoms with Crippen molar-refractivity contribution in [3.8, 4) is 0 Å². The van der Waals surface area contributed by atoms with Gasteiger partial charge in [0.2, 0.25) is 0 Å². The van der Waals surface area contributed by atoms with Gasteiger partial charge in [-0.05, 0) is 40.5 Å². The second-order valence-electron chi connectivity index (χ2n) is 4.62. The van der Waals surface area contributed by atoms with Crippen LogP contribution in [0.5, 0.6) is 0 Å². The Labute approximate surface area is 106 Å². The van der Waals surface area contributed by atoms with Gasteiger partial charge in [0.25, 0.3) is 0 Å². The van der Waals surface area contributed by atoms with Crippen molar-refractivity contribution in [2.24, 2.45) is 0 Å². The predicted molar refractivity (Wildman–Crippen MR) is 71.3 cm³/mol. The molecule has 0 rings (SSSR count). The number of ether oxygens (including phenoxy) is 2. The van der Waals surface area contributed by atoms with E-state index in [1.165, 1.54) is 0 Å². The van der Waals surface area contributed by atoms with E-state index in [0.29, 0.717) is 6.54 Å². The van der Waals surface area contributed by atoms with Gasteiger partial charge in [0.15, 0.2) is 0 Å². The number of amides is 1. The molecule has 1 amide bonds. The van der Waals surface area contributed by atoms with Crippen molar-refractivity contribution in [2.75, 3.05) is 13.7 Å². The Hall–Kier alpha value is -0.770. The Morgan fingerprint density at radius 3 is 2.24 bits per heavy atom. The van der Waals surface area contributed by atoms with Crippen molar-refractivity contribution in [1.29, 1.82) is 0 Å². The van der Waals surface area contributed by atoms with Gasteiger partial charge in [-0.1, -0.05) is 13.8 Å². The Kier molecular flexibility index (Phi) is 11.4. The van der Waals surface area contributed by atoms with E-state index in [9.17, 15) is 4.79 Å². The first kappa shape index (κ1) is 18.6. The molecule has 4 nitrogen and oxygen atoms in total. The van der Waals surface area contributed by atoms with Gasteiger partial charge < -0.3 is 14.8 Å². The minimum Gasteiger partial charge on any atom is -0.444 e. The first-order chi connectivity index (χ1) is 7.85. The third-order valence-corrected chi connectivity index (χ3v) is 1.86. The van der Waals surface area contributed by atoms with E-state index >= 15 is 0 Å². The third kappa shape index (κ3) is 15.2. The van der Waals surface area contributed by atoms with Crippen molar-refractivity contribution in [1.82, 2.24) is 5.32 Å². The van der Waals surface area contributed by atoms with Crippen molar-refractivity contribution in [3.05, 3.63) is 0 Å². The van der Waals surface area contributed by atoms with Crippen molar-refractivity contribution in [3.63, 3.8) is 0 Å². The summed E-state index contributed by atoms with van der Waals surface area (Å²) < 4.78 is 10.2. The molecule has 0 bridgehead atoms. The van der Waals surface area contributed by atoms with Gasteiger partial charge in [-0.25, -0.2) is 4.79 Å². The van der Waals surface area contributed by atoms with E-state index in [1.54, 1.807) is 7.11 Å². The molecule has 0 aromatic carbocycles. The topological polar surface area (TPSA) is 47.6 Å². The van der Waals surface area contributed by atoms with Gasteiger partial charge in [-0.3, -0.25) is 0 Å². The zero-order valence-corrected chi connectivity index (χ0v) is 12.4.